The summed E-state index contributed by atoms with van der Waals surface area (Å²) in [6.45, 7) is 2.09. The number of hydrogen-bond donors (Lipinski definition) is 1. The summed E-state index contributed by atoms with van der Waals surface area (Å²) in [6, 6.07) is 2.39. The molecule has 1 aliphatic heterocycles. The lowest BCUT2D eigenvalue weighted by atomic mass is 10.2. The molecule has 2 heterocycles. The Kier molecular flexibility index (Phi) is 2.84. The summed E-state index contributed by atoms with van der Waals surface area (Å²) in [5.74, 6) is 0.888. The van der Waals surface area contributed by atoms with E-state index in [1.165, 1.54) is 0 Å². The van der Waals surface area contributed by atoms with Gasteiger partial charge in [0.05, 0.1) is 0 Å². The first-order chi connectivity index (χ1) is 6.77. The molecule has 1 aromatic heterocycles. The van der Waals surface area contributed by atoms with Crippen LogP contribution < -0.4 is 10.2 Å². The summed E-state index contributed by atoms with van der Waals surface area (Å²) >= 11 is 5.73. The second-order valence-electron chi connectivity index (χ2n) is 3.44. The topological polar surface area (TPSA) is 41.1 Å². The van der Waals surface area contributed by atoms with Gasteiger partial charge in [-0.2, -0.15) is 0 Å². The minimum Gasteiger partial charge on any atom is -0.355 e. The van der Waals surface area contributed by atoms with Crippen molar-refractivity contribution < 1.29 is 0 Å². The molecule has 0 bridgehead atoms. The number of hydrogen-bond acceptors (Lipinski definition) is 4. The predicted octanol–water partition coefficient (Wildman–Crippen LogP) is 0.928. The van der Waals surface area contributed by atoms with E-state index in [0.29, 0.717) is 11.3 Å². The second kappa shape index (κ2) is 4.11. The lowest BCUT2D eigenvalue weighted by Crippen LogP contribution is -2.33. The van der Waals surface area contributed by atoms with Crippen LogP contribution in [0.1, 0.15) is 6.42 Å². The molecule has 1 aliphatic rings. The molecule has 0 unspecified atom stereocenters. The molecule has 1 N–H and O–H groups in total. The fourth-order valence-corrected chi connectivity index (χ4v) is 1.82. The molecule has 1 atom stereocenters. The quantitative estimate of drug-likeness (QED) is 0.741. The van der Waals surface area contributed by atoms with Crippen LogP contribution in [0.5, 0.6) is 0 Å². The van der Waals surface area contributed by atoms with Crippen LogP contribution in [0, 0.1) is 0 Å². The second-order valence-corrected chi connectivity index (χ2v) is 3.78. The maximum atomic E-state index is 5.73. The van der Waals surface area contributed by atoms with Crippen LogP contribution in [0.15, 0.2) is 12.3 Å². The van der Waals surface area contributed by atoms with Gasteiger partial charge in [-0.1, -0.05) is 0 Å². The van der Waals surface area contributed by atoms with E-state index < -0.39 is 0 Å². The number of rotatable bonds is 2. The van der Waals surface area contributed by atoms with Gasteiger partial charge in [-0.25, -0.2) is 9.97 Å². The molecule has 0 amide bonds. The molecule has 1 aromatic rings. The summed E-state index contributed by atoms with van der Waals surface area (Å²) in [5.41, 5.74) is 0. The van der Waals surface area contributed by atoms with Gasteiger partial charge in [0.1, 0.15) is 5.82 Å². The van der Waals surface area contributed by atoms with E-state index in [9.17, 15) is 0 Å². The number of nitrogens with zero attached hydrogens (tertiary/aromatic N) is 3. The van der Waals surface area contributed by atoms with Crippen LogP contribution in [0.4, 0.5) is 5.82 Å². The molecular formula is C9H13ClN4. The third-order valence-corrected chi connectivity index (χ3v) is 2.74. The van der Waals surface area contributed by atoms with Gasteiger partial charge in [-0.15, -0.1) is 0 Å². The third-order valence-electron chi connectivity index (χ3n) is 2.55. The van der Waals surface area contributed by atoms with Gasteiger partial charge in [0.25, 0.3) is 0 Å². The van der Waals surface area contributed by atoms with Gasteiger partial charge >= 0.3 is 0 Å². The fourth-order valence-electron chi connectivity index (χ4n) is 1.68. The van der Waals surface area contributed by atoms with Crippen molar-refractivity contribution in [2.75, 3.05) is 25.0 Å². The maximum absolute atomic E-state index is 5.73. The number of aromatic nitrogens is 2. The fraction of sp³-hybridized carbons (Fsp3) is 0.556. The van der Waals surface area contributed by atoms with Crippen LogP contribution >= 0.6 is 11.6 Å². The summed E-state index contributed by atoms with van der Waals surface area (Å²) in [5, 5.41) is 3.63. The molecular weight excluding hydrogens is 200 g/mol. The molecule has 1 saturated heterocycles. The van der Waals surface area contributed by atoms with E-state index in [0.717, 1.165) is 25.3 Å². The van der Waals surface area contributed by atoms with Crippen molar-refractivity contribution in [3.63, 3.8) is 0 Å². The molecule has 0 aliphatic carbocycles. The first-order valence-electron chi connectivity index (χ1n) is 4.69. The van der Waals surface area contributed by atoms with E-state index >= 15 is 0 Å². The van der Waals surface area contributed by atoms with Gasteiger partial charge in [-0.05, 0) is 30.6 Å². The van der Waals surface area contributed by atoms with E-state index in [1.54, 1.807) is 6.20 Å². The molecule has 0 spiro atoms. The van der Waals surface area contributed by atoms with E-state index in [2.05, 4.69) is 20.2 Å². The van der Waals surface area contributed by atoms with Gasteiger partial charge in [0.15, 0.2) is 0 Å². The summed E-state index contributed by atoms with van der Waals surface area (Å²) < 4.78 is 0. The molecule has 2 rings (SSSR count). The molecule has 4 nitrogen and oxygen atoms in total. The SMILES string of the molecule is CN(c1ccnc(Cl)n1)[C@@H]1CCNC1. The molecule has 1 fully saturated rings. The number of halogens is 1. The molecule has 14 heavy (non-hydrogen) atoms. The summed E-state index contributed by atoms with van der Waals surface area (Å²) in [6.07, 6.45) is 2.83. The molecule has 5 heteroatoms. The van der Waals surface area contributed by atoms with Crippen molar-refractivity contribution in [2.24, 2.45) is 0 Å². The highest BCUT2D eigenvalue weighted by molar-refractivity contribution is 6.28. The lowest BCUT2D eigenvalue weighted by Gasteiger charge is -2.24. The van der Waals surface area contributed by atoms with Crippen molar-refractivity contribution >= 4 is 17.4 Å². The van der Waals surface area contributed by atoms with Crippen molar-refractivity contribution in [1.29, 1.82) is 0 Å². The molecule has 76 valence electrons. The maximum Gasteiger partial charge on any atom is 0.224 e. The van der Waals surface area contributed by atoms with Crippen LogP contribution in [-0.2, 0) is 0 Å². The Morgan fingerprint density at radius 2 is 2.50 bits per heavy atom. The standard InChI is InChI=1S/C9H13ClN4/c1-14(7-2-4-11-6-7)8-3-5-12-9(10)13-8/h3,5,7,11H,2,4,6H2,1H3/t7-/m1/s1. The van der Waals surface area contributed by atoms with Crippen molar-refractivity contribution in [2.45, 2.75) is 12.5 Å². The molecule has 0 aromatic carbocycles. The molecule has 0 saturated carbocycles. The minimum absolute atomic E-state index is 0.306. The Bertz CT molecular complexity index is 311. The Hall–Kier alpha value is -0.870. The normalized spacial score (nSPS) is 21.1. The smallest absolute Gasteiger partial charge is 0.224 e. The minimum atomic E-state index is 0.306. The van der Waals surface area contributed by atoms with E-state index in [-0.39, 0.29) is 0 Å². The summed E-state index contributed by atoms with van der Waals surface area (Å²) in [4.78, 5) is 10.2. The highest BCUT2D eigenvalue weighted by Gasteiger charge is 2.20. The van der Waals surface area contributed by atoms with Crippen LogP contribution in [0.25, 0.3) is 0 Å². The van der Waals surface area contributed by atoms with Crippen molar-refractivity contribution in [3.8, 4) is 0 Å². The zero-order valence-electron chi connectivity index (χ0n) is 8.07. The zero-order chi connectivity index (χ0) is 9.97. The van der Waals surface area contributed by atoms with Crippen molar-refractivity contribution in [1.82, 2.24) is 15.3 Å². The molecule has 0 radical (unpaired) electrons. The number of nitrogens with one attached hydrogen (secondary N) is 1. The Morgan fingerprint density at radius 1 is 1.64 bits per heavy atom. The Labute approximate surface area is 88.3 Å². The monoisotopic (exact) mass is 212 g/mol. The predicted molar refractivity (Wildman–Crippen MR) is 56.7 cm³/mol. The van der Waals surface area contributed by atoms with Gasteiger partial charge in [0.2, 0.25) is 5.28 Å². The lowest BCUT2D eigenvalue weighted by molar-refractivity contribution is 0.677. The average Bonchev–Trinajstić information content (AvgIpc) is 2.69. The number of likely N-dealkylation sites (N-methyl/N-ethyl adjacent to an activating group) is 1. The van der Waals surface area contributed by atoms with Crippen LogP contribution in [0.3, 0.4) is 0 Å². The van der Waals surface area contributed by atoms with Gasteiger partial charge in [-0.3, -0.25) is 0 Å². The Balaban J connectivity index is 2.13. The van der Waals surface area contributed by atoms with Gasteiger partial charge in [0, 0.05) is 25.8 Å². The van der Waals surface area contributed by atoms with Crippen LogP contribution in [-0.4, -0.2) is 36.1 Å². The zero-order valence-corrected chi connectivity index (χ0v) is 8.83. The Morgan fingerprint density at radius 3 is 3.14 bits per heavy atom. The van der Waals surface area contributed by atoms with Crippen molar-refractivity contribution in [3.05, 3.63) is 17.5 Å². The largest absolute Gasteiger partial charge is 0.355 e. The highest BCUT2D eigenvalue weighted by Crippen LogP contribution is 2.16. The van der Waals surface area contributed by atoms with Crippen LogP contribution in [0.2, 0.25) is 5.28 Å². The third kappa shape index (κ3) is 1.96. The van der Waals surface area contributed by atoms with Gasteiger partial charge < -0.3 is 10.2 Å². The first kappa shape index (κ1) is 9.68. The first-order valence-corrected chi connectivity index (χ1v) is 5.07. The highest BCUT2D eigenvalue weighted by atomic mass is 35.5. The number of anilines is 1. The van der Waals surface area contributed by atoms with E-state index in [4.69, 9.17) is 11.6 Å². The average molecular weight is 213 g/mol. The van der Waals surface area contributed by atoms with E-state index in [1.807, 2.05) is 13.1 Å². The summed E-state index contributed by atoms with van der Waals surface area (Å²) in [7, 11) is 2.04.